The molecule has 0 aliphatic carbocycles. The van der Waals surface area contributed by atoms with Crippen molar-refractivity contribution in [2.24, 2.45) is 0 Å². The standard InChI is InChI=1S/C17H19N3O/c1-17(2,3)16-14(11-21)18-19-20(16)15-10-6-8-12-7-4-5-9-13(12)15/h4-10,21H,11H2,1-3H3. The molecule has 1 N–H and O–H groups in total. The predicted octanol–water partition coefficient (Wildman–Crippen LogP) is 3.21. The number of nitrogens with zero attached hydrogens (tertiary/aromatic N) is 3. The number of aliphatic hydroxyl groups excluding tert-OH is 1. The molecule has 21 heavy (non-hydrogen) atoms. The monoisotopic (exact) mass is 281 g/mol. The van der Waals surface area contributed by atoms with Gasteiger partial charge in [-0.15, -0.1) is 5.10 Å². The van der Waals surface area contributed by atoms with Crippen molar-refractivity contribution in [3.63, 3.8) is 0 Å². The molecule has 0 atom stereocenters. The van der Waals surface area contributed by atoms with Crippen molar-refractivity contribution in [3.05, 3.63) is 53.9 Å². The summed E-state index contributed by atoms with van der Waals surface area (Å²) in [7, 11) is 0. The zero-order valence-corrected chi connectivity index (χ0v) is 12.5. The van der Waals surface area contributed by atoms with Crippen molar-refractivity contribution >= 4 is 10.8 Å². The first-order valence-corrected chi connectivity index (χ1v) is 7.06. The highest BCUT2D eigenvalue weighted by Crippen LogP contribution is 2.30. The molecule has 0 saturated heterocycles. The van der Waals surface area contributed by atoms with E-state index in [1.165, 1.54) is 0 Å². The minimum absolute atomic E-state index is 0.0998. The van der Waals surface area contributed by atoms with Gasteiger partial charge in [0.1, 0.15) is 5.69 Å². The van der Waals surface area contributed by atoms with Gasteiger partial charge in [0.15, 0.2) is 0 Å². The molecular formula is C17H19N3O. The molecule has 0 unspecified atom stereocenters. The summed E-state index contributed by atoms with van der Waals surface area (Å²) in [6, 6.07) is 14.3. The Kier molecular flexibility index (Phi) is 3.26. The molecule has 4 heteroatoms. The fourth-order valence-corrected chi connectivity index (χ4v) is 2.73. The average Bonchev–Trinajstić information content (AvgIpc) is 2.90. The number of aliphatic hydroxyl groups is 1. The molecule has 0 bridgehead atoms. The van der Waals surface area contributed by atoms with E-state index in [1.54, 1.807) is 0 Å². The highest BCUT2D eigenvalue weighted by Gasteiger charge is 2.26. The van der Waals surface area contributed by atoms with Crippen molar-refractivity contribution < 1.29 is 5.11 Å². The first kappa shape index (κ1) is 13.8. The first-order chi connectivity index (χ1) is 10.0. The Morgan fingerprint density at radius 2 is 1.76 bits per heavy atom. The zero-order valence-electron chi connectivity index (χ0n) is 12.5. The highest BCUT2D eigenvalue weighted by molar-refractivity contribution is 5.90. The van der Waals surface area contributed by atoms with Gasteiger partial charge in [0, 0.05) is 10.8 Å². The van der Waals surface area contributed by atoms with Gasteiger partial charge in [0.05, 0.1) is 18.0 Å². The summed E-state index contributed by atoms with van der Waals surface area (Å²) < 4.78 is 1.86. The molecule has 3 rings (SSSR count). The predicted molar refractivity (Wildman–Crippen MR) is 83.5 cm³/mol. The quantitative estimate of drug-likeness (QED) is 0.784. The van der Waals surface area contributed by atoms with Gasteiger partial charge >= 0.3 is 0 Å². The molecular weight excluding hydrogens is 262 g/mol. The lowest BCUT2D eigenvalue weighted by molar-refractivity contribution is 0.273. The van der Waals surface area contributed by atoms with E-state index in [4.69, 9.17) is 0 Å². The molecule has 0 aliphatic rings. The first-order valence-electron chi connectivity index (χ1n) is 7.06. The largest absolute Gasteiger partial charge is 0.390 e. The second-order valence-corrected chi connectivity index (χ2v) is 6.20. The van der Waals surface area contributed by atoms with Crippen LogP contribution in [-0.2, 0) is 12.0 Å². The van der Waals surface area contributed by atoms with E-state index in [-0.39, 0.29) is 12.0 Å². The maximum Gasteiger partial charge on any atom is 0.112 e. The van der Waals surface area contributed by atoms with Gasteiger partial charge in [-0.25, -0.2) is 4.68 Å². The van der Waals surface area contributed by atoms with Gasteiger partial charge < -0.3 is 5.11 Å². The molecule has 1 aromatic heterocycles. The van der Waals surface area contributed by atoms with Crippen molar-refractivity contribution in [2.75, 3.05) is 0 Å². The van der Waals surface area contributed by atoms with Crippen LogP contribution in [0, 0.1) is 0 Å². The fourth-order valence-electron chi connectivity index (χ4n) is 2.73. The minimum Gasteiger partial charge on any atom is -0.390 e. The number of rotatable bonds is 2. The maximum atomic E-state index is 9.54. The van der Waals surface area contributed by atoms with E-state index in [9.17, 15) is 5.11 Å². The Morgan fingerprint density at radius 3 is 2.48 bits per heavy atom. The molecule has 0 saturated carbocycles. The Hall–Kier alpha value is -2.20. The smallest absolute Gasteiger partial charge is 0.112 e. The SMILES string of the molecule is CC(C)(C)c1c(CO)nnn1-c1cccc2ccccc12. The van der Waals surface area contributed by atoms with Gasteiger partial charge in [0.25, 0.3) is 0 Å². The molecule has 4 nitrogen and oxygen atoms in total. The van der Waals surface area contributed by atoms with Gasteiger partial charge in [-0.3, -0.25) is 0 Å². The number of fused-ring (bicyclic) bond motifs is 1. The van der Waals surface area contributed by atoms with Crippen molar-refractivity contribution in [2.45, 2.75) is 32.8 Å². The average molecular weight is 281 g/mol. The third-order valence-corrected chi connectivity index (χ3v) is 3.60. The molecule has 0 fully saturated rings. The van der Waals surface area contributed by atoms with Crippen molar-refractivity contribution in [1.29, 1.82) is 0 Å². The molecule has 0 spiro atoms. The van der Waals surface area contributed by atoms with Gasteiger partial charge in [0.2, 0.25) is 0 Å². The fraction of sp³-hybridized carbons (Fsp3) is 0.294. The van der Waals surface area contributed by atoms with E-state index in [1.807, 2.05) is 28.9 Å². The van der Waals surface area contributed by atoms with Gasteiger partial charge in [-0.05, 0) is 11.5 Å². The molecule has 1 heterocycles. The van der Waals surface area contributed by atoms with Crippen LogP contribution in [0.4, 0.5) is 0 Å². The van der Waals surface area contributed by atoms with E-state index >= 15 is 0 Å². The Labute approximate surface area is 124 Å². The van der Waals surface area contributed by atoms with Crippen LogP contribution >= 0.6 is 0 Å². The summed E-state index contributed by atoms with van der Waals surface area (Å²) in [6.07, 6.45) is 0. The van der Waals surface area contributed by atoms with Crippen molar-refractivity contribution in [1.82, 2.24) is 15.0 Å². The lowest BCUT2D eigenvalue weighted by atomic mass is 9.90. The van der Waals surface area contributed by atoms with Crippen LogP contribution in [0.3, 0.4) is 0 Å². The summed E-state index contributed by atoms with van der Waals surface area (Å²) in [5, 5.41) is 20.3. The maximum absolute atomic E-state index is 9.54. The summed E-state index contributed by atoms with van der Waals surface area (Å²) in [5.74, 6) is 0. The Morgan fingerprint density at radius 1 is 1.05 bits per heavy atom. The highest BCUT2D eigenvalue weighted by atomic mass is 16.3. The van der Waals surface area contributed by atoms with Crippen LogP contribution in [0.5, 0.6) is 0 Å². The summed E-state index contributed by atoms with van der Waals surface area (Å²) in [4.78, 5) is 0. The Balaban J connectivity index is 2.32. The van der Waals surface area contributed by atoms with Crippen LogP contribution in [0.2, 0.25) is 0 Å². The summed E-state index contributed by atoms with van der Waals surface area (Å²) in [6.45, 7) is 6.21. The number of benzene rings is 2. The van der Waals surface area contributed by atoms with Gasteiger partial charge in [-0.1, -0.05) is 62.4 Å². The molecule has 0 aliphatic heterocycles. The van der Waals surface area contributed by atoms with Crippen LogP contribution in [0.25, 0.3) is 16.5 Å². The third-order valence-electron chi connectivity index (χ3n) is 3.60. The van der Waals surface area contributed by atoms with Crippen molar-refractivity contribution in [3.8, 4) is 5.69 Å². The van der Waals surface area contributed by atoms with E-state index < -0.39 is 0 Å². The summed E-state index contributed by atoms with van der Waals surface area (Å²) in [5.41, 5.74) is 2.42. The van der Waals surface area contributed by atoms with Crippen LogP contribution in [0.1, 0.15) is 32.2 Å². The molecule has 0 radical (unpaired) electrons. The topological polar surface area (TPSA) is 50.9 Å². The number of hydrogen-bond acceptors (Lipinski definition) is 3. The second-order valence-electron chi connectivity index (χ2n) is 6.20. The van der Waals surface area contributed by atoms with Crippen LogP contribution in [-0.4, -0.2) is 20.1 Å². The van der Waals surface area contributed by atoms with Gasteiger partial charge in [-0.2, -0.15) is 0 Å². The second kappa shape index (κ2) is 4.97. The lowest BCUT2D eigenvalue weighted by Gasteiger charge is -2.21. The molecule has 0 amide bonds. The summed E-state index contributed by atoms with van der Waals surface area (Å²) >= 11 is 0. The molecule has 2 aromatic carbocycles. The van der Waals surface area contributed by atoms with E-state index in [0.717, 1.165) is 22.2 Å². The van der Waals surface area contributed by atoms with Crippen LogP contribution in [0.15, 0.2) is 42.5 Å². The van der Waals surface area contributed by atoms with E-state index in [0.29, 0.717) is 5.69 Å². The van der Waals surface area contributed by atoms with E-state index in [2.05, 4.69) is 49.3 Å². The van der Waals surface area contributed by atoms with Crippen LogP contribution < -0.4 is 0 Å². The zero-order chi connectivity index (χ0) is 15.0. The lowest BCUT2D eigenvalue weighted by Crippen LogP contribution is -2.19. The number of aromatic nitrogens is 3. The molecule has 108 valence electrons. The number of hydrogen-bond donors (Lipinski definition) is 1. The third kappa shape index (κ3) is 2.32. The Bertz CT molecular complexity index is 779. The normalized spacial score (nSPS) is 12.0. The molecule has 3 aromatic rings. The minimum atomic E-state index is -0.154.